The minimum Gasteiger partial charge on any atom is -0.477 e. The number of carbonyl (C=O) groups is 1. The first-order chi connectivity index (χ1) is 12.3. The van der Waals surface area contributed by atoms with Crippen molar-refractivity contribution in [2.45, 2.75) is 84.3 Å². The summed E-state index contributed by atoms with van der Waals surface area (Å²) in [6, 6.07) is 0. The second-order valence-corrected chi connectivity index (χ2v) is 7.37. The van der Waals surface area contributed by atoms with Crippen molar-refractivity contribution in [2.75, 3.05) is 0 Å². The molecule has 0 spiro atoms. The monoisotopic (exact) mass is 362 g/mol. The molecule has 1 atom stereocenters. The molecule has 0 saturated carbocycles. The molecular formula is C22H34O4. The highest BCUT2D eigenvalue weighted by Crippen LogP contribution is 2.36. The van der Waals surface area contributed by atoms with Crippen molar-refractivity contribution in [1.29, 1.82) is 0 Å². The number of carboxylic acids is 1. The Hall–Kier alpha value is -1.61. The molecule has 1 aliphatic carbocycles. The summed E-state index contributed by atoms with van der Waals surface area (Å²) in [4.78, 5) is 10.7. The molecule has 1 rings (SSSR count). The third kappa shape index (κ3) is 7.74. The van der Waals surface area contributed by atoms with Gasteiger partial charge in [-0.3, -0.25) is 0 Å². The highest BCUT2D eigenvalue weighted by molar-refractivity contribution is 5.75. The molecule has 0 saturated heterocycles. The summed E-state index contributed by atoms with van der Waals surface area (Å²) in [6.07, 6.45) is 14.9. The Labute approximate surface area is 157 Å². The van der Waals surface area contributed by atoms with Crippen LogP contribution in [-0.2, 0) is 4.79 Å². The Morgan fingerprint density at radius 2 is 2.04 bits per heavy atom. The van der Waals surface area contributed by atoms with E-state index >= 15 is 0 Å². The summed E-state index contributed by atoms with van der Waals surface area (Å²) in [5, 5.41) is 27.3. The summed E-state index contributed by atoms with van der Waals surface area (Å²) in [6.45, 7) is 6.41. The third-order valence-corrected chi connectivity index (χ3v) is 4.93. The van der Waals surface area contributed by atoms with Crippen LogP contribution in [0.25, 0.3) is 0 Å². The van der Waals surface area contributed by atoms with E-state index in [2.05, 4.69) is 31.7 Å². The van der Waals surface area contributed by atoms with Crippen LogP contribution in [0.1, 0.15) is 78.6 Å². The van der Waals surface area contributed by atoms with Gasteiger partial charge in [-0.1, -0.05) is 50.8 Å². The maximum atomic E-state index is 10.7. The first-order valence-electron chi connectivity index (χ1n) is 9.75. The molecular weight excluding hydrogens is 328 g/mol. The molecule has 0 aromatic rings. The zero-order chi connectivity index (χ0) is 19.6. The number of unbranched alkanes of at least 4 members (excludes halogenated alkanes) is 4. The van der Waals surface area contributed by atoms with Crippen molar-refractivity contribution < 1.29 is 20.1 Å². The van der Waals surface area contributed by atoms with Crippen molar-refractivity contribution in [3.05, 3.63) is 40.7 Å². The molecule has 0 amide bonds. The first-order valence-corrected chi connectivity index (χ1v) is 9.75. The molecule has 3 N–H and O–H groups in total. The number of rotatable bonds is 11. The quantitative estimate of drug-likeness (QED) is 0.278. The van der Waals surface area contributed by atoms with Crippen LogP contribution in [0.3, 0.4) is 0 Å². The van der Waals surface area contributed by atoms with E-state index in [1.54, 1.807) is 0 Å². The normalized spacial score (nSPS) is 17.7. The number of hydrogen-bond acceptors (Lipinski definition) is 3. The number of aliphatic carboxylic acids is 1. The van der Waals surface area contributed by atoms with Gasteiger partial charge in [0.05, 0.1) is 0 Å². The Morgan fingerprint density at radius 3 is 2.69 bits per heavy atom. The largest absolute Gasteiger partial charge is 0.477 e. The lowest BCUT2D eigenvalue weighted by molar-refractivity contribution is -0.201. The van der Waals surface area contributed by atoms with Gasteiger partial charge in [-0.2, -0.15) is 0 Å². The summed E-state index contributed by atoms with van der Waals surface area (Å²) in [7, 11) is 0. The summed E-state index contributed by atoms with van der Waals surface area (Å²) in [5.74, 6) is -3.83. The summed E-state index contributed by atoms with van der Waals surface area (Å²) >= 11 is 0. The molecule has 1 aliphatic rings. The molecule has 0 heterocycles. The van der Waals surface area contributed by atoms with Crippen LogP contribution in [-0.4, -0.2) is 27.1 Å². The predicted molar refractivity (Wildman–Crippen MR) is 105 cm³/mol. The molecule has 146 valence electrons. The van der Waals surface area contributed by atoms with Crippen molar-refractivity contribution in [3.63, 3.8) is 0 Å². The molecule has 0 fully saturated rings. The zero-order valence-electron chi connectivity index (χ0n) is 16.4. The van der Waals surface area contributed by atoms with Gasteiger partial charge in [-0.15, -0.1) is 5.73 Å². The molecule has 4 nitrogen and oxygen atoms in total. The van der Waals surface area contributed by atoms with Gasteiger partial charge in [0.25, 0.3) is 5.79 Å². The van der Waals surface area contributed by atoms with Crippen molar-refractivity contribution in [3.8, 4) is 0 Å². The molecule has 0 aromatic heterocycles. The van der Waals surface area contributed by atoms with Gasteiger partial charge in [-0.25, -0.2) is 4.79 Å². The van der Waals surface area contributed by atoms with E-state index < -0.39 is 11.8 Å². The number of carboxylic acid groups (broad SMARTS) is 1. The number of hydrogen-bond donors (Lipinski definition) is 3. The fraction of sp³-hybridized carbons (Fsp3) is 0.636. The Morgan fingerprint density at radius 1 is 1.31 bits per heavy atom. The van der Waals surface area contributed by atoms with E-state index in [1.807, 2.05) is 6.92 Å². The fourth-order valence-corrected chi connectivity index (χ4v) is 3.21. The molecule has 0 bridgehead atoms. The van der Waals surface area contributed by atoms with Gasteiger partial charge in [0.2, 0.25) is 0 Å². The van der Waals surface area contributed by atoms with E-state index in [-0.39, 0.29) is 6.42 Å². The minimum absolute atomic E-state index is 0.376. The van der Waals surface area contributed by atoms with Crippen molar-refractivity contribution in [2.24, 2.45) is 5.92 Å². The van der Waals surface area contributed by atoms with E-state index in [9.17, 15) is 15.0 Å². The average Bonchev–Trinajstić information content (AvgIpc) is 2.91. The average molecular weight is 363 g/mol. The van der Waals surface area contributed by atoms with Gasteiger partial charge in [0.1, 0.15) is 0 Å². The van der Waals surface area contributed by atoms with Crippen LogP contribution in [0.2, 0.25) is 0 Å². The molecule has 4 heteroatoms. The summed E-state index contributed by atoms with van der Waals surface area (Å²) < 4.78 is 0. The van der Waals surface area contributed by atoms with Crippen molar-refractivity contribution in [1.82, 2.24) is 0 Å². The minimum atomic E-state index is -2.72. The lowest BCUT2D eigenvalue weighted by Gasteiger charge is -2.12. The van der Waals surface area contributed by atoms with Crippen LogP contribution in [0.5, 0.6) is 0 Å². The second kappa shape index (κ2) is 11.2. The Balaban J connectivity index is 2.69. The van der Waals surface area contributed by atoms with Crippen molar-refractivity contribution >= 4 is 5.97 Å². The predicted octanol–water partition coefficient (Wildman–Crippen LogP) is 4.89. The Bertz CT molecular complexity index is 589. The highest BCUT2D eigenvalue weighted by Gasteiger charge is 2.31. The topological polar surface area (TPSA) is 77.8 Å². The van der Waals surface area contributed by atoms with Crippen LogP contribution >= 0.6 is 0 Å². The lowest BCUT2D eigenvalue weighted by atomic mass is 9.96. The van der Waals surface area contributed by atoms with Gasteiger partial charge in [-0.05, 0) is 62.2 Å². The summed E-state index contributed by atoms with van der Waals surface area (Å²) in [5.41, 5.74) is 6.81. The molecule has 26 heavy (non-hydrogen) atoms. The smallest absolute Gasteiger partial charge is 0.364 e. The SMILES string of the molecule is CCCCCC/C=C/C1=C(CC(C)=C=CCC(O)(O)C(=O)O)[C@@H](C)CC1. The standard InChI is InChI=1S/C22H34O4/c1-4-5-6-7-8-9-12-19-14-13-18(3)20(19)16-17(2)11-10-15-22(25,26)21(23)24/h9-10,12,18,25-26H,4-8,13-16H2,1-3H3,(H,23,24)/b12-9+/t11?,18-/m0/s1. The fourth-order valence-electron chi connectivity index (χ4n) is 3.21. The maximum absolute atomic E-state index is 10.7. The van der Waals surface area contributed by atoms with E-state index in [1.165, 1.54) is 42.9 Å². The highest BCUT2D eigenvalue weighted by atomic mass is 16.5. The number of aliphatic hydroxyl groups is 2. The zero-order valence-corrected chi connectivity index (χ0v) is 16.4. The van der Waals surface area contributed by atoms with E-state index in [0.717, 1.165) is 31.3 Å². The van der Waals surface area contributed by atoms with Crippen LogP contribution in [0.4, 0.5) is 0 Å². The number of allylic oxidation sites excluding steroid dienone is 4. The Kier molecular flexibility index (Phi) is 9.64. The van der Waals surface area contributed by atoms with E-state index in [0.29, 0.717) is 5.92 Å². The van der Waals surface area contributed by atoms with Crippen LogP contribution in [0.15, 0.2) is 40.7 Å². The second-order valence-electron chi connectivity index (χ2n) is 7.37. The third-order valence-electron chi connectivity index (χ3n) is 4.93. The van der Waals surface area contributed by atoms with Gasteiger partial charge in [0, 0.05) is 6.42 Å². The first kappa shape index (κ1) is 22.4. The van der Waals surface area contributed by atoms with Gasteiger partial charge in [0.15, 0.2) is 0 Å². The molecule has 0 radical (unpaired) electrons. The lowest BCUT2D eigenvalue weighted by Crippen LogP contribution is -2.37. The molecule has 0 unspecified atom stereocenters. The van der Waals surface area contributed by atoms with E-state index in [4.69, 9.17) is 5.11 Å². The van der Waals surface area contributed by atoms with Gasteiger partial charge >= 0.3 is 5.97 Å². The molecule has 0 aromatic carbocycles. The van der Waals surface area contributed by atoms with Gasteiger partial charge < -0.3 is 15.3 Å². The molecule has 0 aliphatic heterocycles. The van der Waals surface area contributed by atoms with Crippen LogP contribution < -0.4 is 0 Å². The maximum Gasteiger partial charge on any atom is 0.364 e. The van der Waals surface area contributed by atoms with Crippen LogP contribution in [0, 0.1) is 5.92 Å².